The SMILES string of the molecule is [2H]C([2H])(c1c[n+](C)c(-c2c(C)cc(-c3ccccc3)c3c2oc2c([N+]#[C-])cccc23)cc1F)C(C)C. The molecule has 0 radical (unpaired) electrons. The number of hydrogen-bond acceptors (Lipinski definition) is 1. The van der Waals surface area contributed by atoms with Crippen molar-refractivity contribution in [3.05, 3.63) is 95.2 Å². The number of aryl methyl sites for hydroxylation is 2. The number of rotatable bonds is 4. The normalized spacial score (nSPS) is 12.7. The first-order valence-electron chi connectivity index (χ1n) is 12.3. The first-order valence-corrected chi connectivity index (χ1v) is 11.3. The molecule has 4 heteroatoms. The zero-order valence-corrected chi connectivity index (χ0v) is 19.6. The number of furan rings is 1. The van der Waals surface area contributed by atoms with E-state index in [0.717, 1.165) is 33.0 Å². The molecule has 0 aliphatic heterocycles. The highest BCUT2D eigenvalue weighted by Gasteiger charge is 2.26. The van der Waals surface area contributed by atoms with Crippen molar-refractivity contribution in [2.75, 3.05) is 0 Å². The standard InChI is InChI=1S/C30H26FN2O/c1-18(2)14-21-17-33(5)26(16-24(21)31)27-19(3)15-23(20-10-7-6-8-11-20)28-22-12-9-13-25(32-4)29(22)34-30(27)28/h6-13,15-18H,14H2,1-3,5H3/q+1/i14D2. The van der Waals surface area contributed by atoms with E-state index in [4.69, 9.17) is 13.7 Å². The average molecular weight is 452 g/mol. The molecule has 2 aromatic heterocycles. The quantitative estimate of drug-likeness (QED) is 0.201. The van der Waals surface area contributed by atoms with Gasteiger partial charge in [0, 0.05) is 19.6 Å². The molecule has 3 nitrogen and oxygen atoms in total. The minimum Gasteiger partial charge on any atom is -0.466 e. The maximum absolute atomic E-state index is 15.4. The van der Waals surface area contributed by atoms with E-state index in [0.29, 0.717) is 22.5 Å². The van der Waals surface area contributed by atoms with Gasteiger partial charge >= 0.3 is 0 Å². The molecule has 0 unspecified atom stereocenters. The van der Waals surface area contributed by atoms with Crippen molar-refractivity contribution in [2.24, 2.45) is 13.0 Å². The topological polar surface area (TPSA) is 21.4 Å². The number of para-hydroxylation sites is 1. The van der Waals surface area contributed by atoms with Crippen molar-refractivity contribution >= 4 is 27.6 Å². The Kier molecular flexibility index (Phi) is 4.83. The Bertz CT molecular complexity index is 1680. The van der Waals surface area contributed by atoms with Crippen LogP contribution >= 0.6 is 0 Å². The summed E-state index contributed by atoms with van der Waals surface area (Å²) in [6.07, 6.45) is -0.278. The molecule has 3 aromatic carbocycles. The minimum atomic E-state index is -1.81. The number of hydrogen-bond donors (Lipinski definition) is 0. The Hall–Kier alpha value is -3.97. The summed E-state index contributed by atoms with van der Waals surface area (Å²) in [6, 6.07) is 19.0. The number of pyridine rings is 1. The van der Waals surface area contributed by atoms with E-state index in [1.54, 1.807) is 31.5 Å². The second-order valence-electron chi connectivity index (χ2n) is 8.88. The van der Waals surface area contributed by atoms with Crippen LogP contribution in [0.4, 0.5) is 10.1 Å². The molecular formula is C30H26FN2O+. The summed E-state index contributed by atoms with van der Waals surface area (Å²) in [5.74, 6) is -0.988. The summed E-state index contributed by atoms with van der Waals surface area (Å²) in [6.45, 7) is 13.1. The summed E-state index contributed by atoms with van der Waals surface area (Å²) in [5, 5.41) is 1.69. The second-order valence-corrected chi connectivity index (χ2v) is 8.88. The predicted molar refractivity (Wildman–Crippen MR) is 135 cm³/mol. The highest BCUT2D eigenvalue weighted by Crippen LogP contribution is 2.45. The molecule has 2 heterocycles. The maximum Gasteiger partial charge on any atom is 0.229 e. The van der Waals surface area contributed by atoms with E-state index in [2.05, 4.69) is 10.9 Å². The second kappa shape index (κ2) is 8.43. The lowest BCUT2D eigenvalue weighted by atomic mass is 9.92. The van der Waals surface area contributed by atoms with Crippen molar-refractivity contribution in [2.45, 2.75) is 27.1 Å². The zero-order valence-electron chi connectivity index (χ0n) is 21.6. The molecule has 168 valence electrons. The molecule has 5 aromatic rings. The van der Waals surface area contributed by atoms with E-state index in [1.807, 2.05) is 49.4 Å². The molecule has 0 saturated carbocycles. The largest absolute Gasteiger partial charge is 0.466 e. The van der Waals surface area contributed by atoms with Gasteiger partial charge in [0.15, 0.2) is 6.20 Å². The van der Waals surface area contributed by atoms with Crippen LogP contribution in [0.3, 0.4) is 0 Å². The van der Waals surface area contributed by atoms with Crippen molar-refractivity contribution in [3.63, 3.8) is 0 Å². The summed E-state index contributed by atoms with van der Waals surface area (Å²) >= 11 is 0. The van der Waals surface area contributed by atoms with Crippen LogP contribution in [0.5, 0.6) is 0 Å². The van der Waals surface area contributed by atoms with Crippen LogP contribution in [0.2, 0.25) is 0 Å². The van der Waals surface area contributed by atoms with Gasteiger partial charge in [-0.05, 0) is 42.0 Å². The Morgan fingerprint density at radius 3 is 2.56 bits per heavy atom. The fourth-order valence-corrected chi connectivity index (χ4v) is 4.63. The van der Waals surface area contributed by atoms with Crippen molar-refractivity contribution in [1.82, 2.24) is 0 Å². The summed E-state index contributed by atoms with van der Waals surface area (Å²) in [5.41, 5.74) is 5.70. The van der Waals surface area contributed by atoms with Gasteiger partial charge in [0.1, 0.15) is 24.0 Å². The highest BCUT2D eigenvalue weighted by molar-refractivity contribution is 6.18. The van der Waals surface area contributed by atoms with Crippen molar-refractivity contribution in [1.29, 1.82) is 0 Å². The first kappa shape index (κ1) is 19.5. The van der Waals surface area contributed by atoms with Crippen LogP contribution < -0.4 is 4.57 Å². The van der Waals surface area contributed by atoms with Gasteiger partial charge in [-0.15, -0.1) is 0 Å². The summed E-state index contributed by atoms with van der Waals surface area (Å²) in [4.78, 5) is 3.66. The molecule has 0 atom stereocenters. The molecule has 0 aliphatic carbocycles. The van der Waals surface area contributed by atoms with Gasteiger partial charge < -0.3 is 4.42 Å². The fraction of sp³-hybridized carbons (Fsp3) is 0.200. The van der Waals surface area contributed by atoms with E-state index < -0.39 is 12.2 Å². The lowest BCUT2D eigenvalue weighted by molar-refractivity contribution is -0.661. The van der Waals surface area contributed by atoms with Gasteiger partial charge in [-0.2, -0.15) is 0 Å². The van der Waals surface area contributed by atoms with Crippen LogP contribution in [-0.4, -0.2) is 0 Å². The number of fused-ring (bicyclic) bond motifs is 3. The van der Waals surface area contributed by atoms with Gasteiger partial charge in [-0.1, -0.05) is 62.4 Å². The maximum atomic E-state index is 15.4. The highest BCUT2D eigenvalue weighted by atomic mass is 19.1. The summed E-state index contributed by atoms with van der Waals surface area (Å²) in [7, 11) is 1.79. The van der Waals surface area contributed by atoms with E-state index in [1.165, 1.54) is 12.3 Å². The molecule has 0 aliphatic rings. The van der Waals surface area contributed by atoms with E-state index in [9.17, 15) is 0 Å². The Morgan fingerprint density at radius 1 is 1.09 bits per heavy atom. The Labute approximate surface area is 201 Å². The molecule has 5 rings (SSSR count). The van der Waals surface area contributed by atoms with Crippen LogP contribution in [0.25, 0.3) is 49.2 Å². The van der Waals surface area contributed by atoms with Gasteiger partial charge in [0.25, 0.3) is 0 Å². The molecule has 0 spiro atoms. The van der Waals surface area contributed by atoms with Gasteiger partial charge in [0.2, 0.25) is 11.4 Å². The molecule has 34 heavy (non-hydrogen) atoms. The van der Waals surface area contributed by atoms with Gasteiger partial charge in [-0.25, -0.2) is 13.8 Å². The predicted octanol–water partition coefficient (Wildman–Crippen LogP) is 7.94. The van der Waals surface area contributed by atoms with Crippen LogP contribution in [0.15, 0.2) is 71.3 Å². The minimum absolute atomic E-state index is 0.0263. The monoisotopic (exact) mass is 451 g/mol. The first-order chi connectivity index (χ1) is 17.1. The molecule has 0 N–H and O–H groups in total. The van der Waals surface area contributed by atoms with E-state index >= 15 is 4.39 Å². The van der Waals surface area contributed by atoms with E-state index in [-0.39, 0.29) is 11.5 Å². The fourth-order valence-electron chi connectivity index (χ4n) is 4.63. The van der Waals surface area contributed by atoms with Crippen LogP contribution in [-0.2, 0) is 13.4 Å². The molecule has 0 amide bonds. The number of nitrogens with zero attached hydrogens (tertiary/aromatic N) is 2. The smallest absolute Gasteiger partial charge is 0.229 e. The third-order valence-electron chi connectivity index (χ3n) is 6.08. The van der Waals surface area contributed by atoms with Crippen molar-refractivity contribution < 1.29 is 16.1 Å². The average Bonchev–Trinajstić information content (AvgIpc) is 3.24. The lowest BCUT2D eigenvalue weighted by Gasteiger charge is -2.12. The number of halogens is 1. The Morgan fingerprint density at radius 2 is 1.85 bits per heavy atom. The van der Waals surface area contributed by atoms with Gasteiger partial charge in [-0.3, -0.25) is 0 Å². The third kappa shape index (κ3) is 3.54. The van der Waals surface area contributed by atoms with Crippen LogP contribution in [0, 0.1) is 25.2 Å². The van der Waals surface area contributed by atoms with Crippen LogP contribution in [0.1, 0.15) is 27.7 Å². The molecule has 0 fully saturated rings. The zero-order chi connectivity index (χ0) is 25.8. The van der Waals surface area contributed by atoms with Crippen molar-refractivity contribution in [3.8, 4) is 22.4 Å². The number of benzene rings is 3. The Balaban J connectivity index is 1.89. The molecule has 0 bridgehead atoms. The van der Waals surface area contributed by atoms with Gasteiger partial charge in [0.05, 0.1) is 17.7 Å². The molecular weight excluding hydrogens is 423 g/mol. The molecule has 0 saturated heterocycles. The lowest BCUT2D eigenvalue weighted by Crippen LogP contribution is -2.32. The number of aromatic nitrogens is 1. The third-order valence-corrected chi connectivity index (χ3v) is 6.08. The summed E-state index contributed by atoms with van der Waals surface area (Å²) < 4.78 is 40.4.